The minimum Gasteiger partial charge on any atom is -0.396 e. The van der Waals surface area contributed by atoms with Crippen LogP contribution in [0.15, 0.2) is 70.9 Å². The van der Waals surface area contributed by atoms with Crippen LogP contribution in [-0.4, -0.2) is 65.2 Å². The van der Waals surface area contributed by atoms with E-state index in [4.69, 9.17) is 0 Å². The van der Waals surface area contributed by atoms with E-state index >= 15 is 0 Å². The van der Waals surface area contributed by atoms with Crippen LogP contribution in [0.25, 0.3) is 0 Å². The highest BCUT2D eigenvalue weighted by Crippen LogP contribution is 2.67. The summed E-state index contributed by atoms with van der Waals surface area (Å²) in [4.78, 5) is 12.2. The van der Waals surface area contributed by atoms with Crippen molar-refractivity contribution in [1.29, 1.82) is 0 Å². The molecule has 4 aliphatic carbocycles. The van der Waals surface area contributed by atoms with E-state index in [0.717, 1.165) is 42.3 Å². The summed E-state index contributed by atoms with van der Waals surface area (Å²) in [7, 11) is 1.87. The zero-order chi connectivity index (χ0) is 32.1. The van der Waals surface area contributed by atoms with Gasteiger partial charge in [0.15, 0.2) is 0 Å². The van der Waals surface area contributed by atoms with Gasteiger partial charge in [-0.3, -0.25) is 4.79 Å². The Kier molecular flexibility index (Phi) is 11.5. The number of rotatable bonds is 13. The van der Waals surface area contributed by atoms with Crippen LogP contribution in [-0.2, 0) is 4.79 Å². The molecule has 0 aromatic heterocycles. The molecule has 1 spiro atoms. The third kappa shape index (κ3) is 6.30. The molecule has 0 aromatic rings. The van der Waals surface area contributed by atoms with Crippen molar-refractivity contribution in [3.63, 3.8) is 0 Å². The van der Waals surface area contributed by atoms with E-state index in [2.05, 4.69) is 50.0 Å². The van der Waals surface area contributed by atoms with E-state index in [9.17, 15) is 25.2 Å². The molecule has 6 heteroatoms. The van der Waals surface area contributed by atoms with Gasteiger partial charge in [-0.05, 0) is 120 Å². The summed E-state index contributed by atoms with van der Waals surface area (Å²) >= 11 is 0. The zero-order valence-corrected chi connectivity index (χ0v) is 27.5. The van der Waals surface area contributed by atoms with Crippen molar-refractivity contribution in [2.24, 2.45) is 34.5 Å². The minimum absolute atomic E-state index is 0.0142. The molecule has 0 aromatic carbocycles. The molecule has 6 nitrogen and oxygen atoms in total. The highest BCUT2D eigenvalue weighted by molar-refractivity contribution is 5.74. The lowest BCUT2D eigenvalue weighted by Crippen LogP contribution is -2.65. The number of allylic oxidation sites excluding steroid dienone is 10. The lowest BCUT2D eigenvalue weighted by atomic mass is 9.45. The fourth-order valence-electron chi connectivity index (χ4n) is 9.48. The first-order valence-corrected chi connectivity index (χ1v) is 16.8. The van der Waals surface area contributed by atoms with Crippen LogP contribution >= 0.6 is 0 Å². The fraction of sp³-hybridized carbons (Fsp3) is 0.658. The van der Waals surface area contributed by atoms with Crippen molar-refractivity contribution in [2.75, 3.05) is 26.8 Å². The van der Waals surface area contributed by atoms with Gasteiger partial charge in [0.25, 0.3) is 0 Å². The number of fused-ring (bicyclic) bond motifs is 3. The van der Waals surface area contributed by atoms with E-state index in [1.165, 1.54) is 18.4 Å². The average Bonchev–Trinajstić information content (AvgIpc) is 3.63. The smallest absolute Gasteiger partial charge is 0.145 e. The Balaban J connectivity index is 1.71. The average molecular weight is 608 g/mol. The Hall–Kier alpha value is -2.09. The van der Waals surface area contributed by atoms with Gasteiger partial charge in [0.05, 0.1) is 18.3 Å². The number of carbonyl (C=O) groups excluding carboxylic acids is 1. The van der Waals surface area contributed by atoms with Gasteiger partial charge in [-0.2, -0.15) is 0 Å². The summed E-state index contributed by atoms with van der Waals surface area (Å²) in [5.41, 5.74) is 2.82. The molecule has 0 amide bonds. The Labute approximate surface area is 265 Å². The third-order valence-electron chi connectivity index (χ3n) is 11.8. The SMILES string of the molecule is C=C(/C=C/C=C(/CO)[C@@H]1CC[C@]2([C@@H]1O)[C@@H]1C(=C(C)C=O)[C@@H](C=C[C@H]1CCO)C[C@]2(O)CCNC)C1(CC=C(C)C)CCCC1. The van der Waals surface area contributed by atoms with Crippen LogP contribution in [0.4, 0.5) is 0 Å². The van der Waals surface area contributed by atoms with E-state index in [0.29, 0.717) is 44.2 Å². The van der Waals surface area contributed by atoms with Crippen LogP contribution < -0.4 is 5.32 Å². The summed E-state index contributed by atoms with van der Waals surface area (Å²) in [5, 5.41) is 48.9. The predicted octanol–water partition coefficient (Wildman–Crippen LogP) is 5.75. The first-order chi connectivity index (χ1) is 21.0. The molecule has 3 fully saturated rings. The van der Waals surface area contributed by atoms with Gasteiger partial charge >= 0.3 is 0 Å². The van der Waals surface area contributed by atoms with Crippen LogP contribution in [0.5, 0.6) is 0 Å². The summed E-state index contributed by atoms with van der Waals surface area (Å²) in [5.74, 6) is -0.808. The van der Waals surface area contributed by atoms with Crippen LogP contribution in [0.2, 0.25) is 0 Å². The molecule has 4 rings (SSSR count). The number of hydrogen-bond acceptors (Lipinski definition) is 6. The monoisotopic (exact) mass is 607 g/mol. The molecule has 0 unspecified atom stereocenters. The van der Waals surface area contributed by atoms with Crippen molar-refractivity contribution in [1.82, 2.24) is 5.32 Å². The quantitative estimate of drug-likeness (QED) is 0.0789. The molecule has 0 heterocycles. The Bertz CT molecular complexity index is 1200. The second-order valence-electron chi connectivity index (χ2n) is 14.4. The molecule has 3 saturated carbocycles. The van der Waals surface area contributed by atoms with Gasteiger partial charge in [0.2, 0.25) is 0 Å². The lowest BCUT2D eigenvalue weighted by molar-refractivity contribution is -0.194. The number of aliphatic hydroxyl groups excluding tert-OH is 3. The molecular weight excluding hydrogens is 550 g/mol. The summed E-state index contributed by atoms with van der Waals surface area (Å²) < 4.78 is 0. The highest BCUT2D eigenvalue weighted by Gasteiger charge is 2.68. The molecular formula is C38H57NO5. The van der Waals surface area contributed by atoms with E-state index in [1.807, 2.05) is 26.1 Å². The first-order valence-electron chi connectivity index (χ1n) is 16.8. The largest absolute Gasteiger partial charge is 0.396 e. The molecule has 44 heavy (non-hydrogen) atoms. The van der Waals surface area contributed by atoms with E-state index < -0.39 is 17.1 Å². The highest BCUT2D eigenvalue weighted by atomic mass is 16.3. The van der Waals surface area contributed by atoms with Gasteiger partial charge in [0.1, 0.15) is 6.29 Å². The molecule has 0 aliphatic heterocycles. The fourth-order valence-corrected chi connectivity index (χ4v) is 9.48. The third-order valence-corrected chi connectivity index (χ3v) is 11.8. The second kappa shape index (κ2) is 14.6. The molecule has 4 aliphatic rings. The standard InChI is InChI=1S/C38H57NO5/c1-26(2)13-18-36(16-6-7-17-36)28(4)9-8-10-31(25-42)32-14-19-38(35(32)43)34-29(15-22-40)11-12-30(33(34)27(3)24-41)23-37(38,44)20-21-39-5/h8-13,24,29-30,32,34-35,39-40,42-44H,4,6-7,14-23,25H2,1-3,5H3/b9-8+,31-10-,33-27?/t29-,30-,32-,34-,35+,37+,38+/m0/s1. The zero-order valence-electron chi connectivity index (χ0n) is 27.5. The van der Waals surface area contributed by atoms with Gasteiger partial charge in [0, 0.05) is 23.9 Å². The molecule has 7 atom stereocenters. The first kappa shape index (κ1) is 34.8. The van der Waals surface area contributed by atoms with Crippen LogP contribution in [0, 0.1) is 34.5 Å². The van der Waals surface area contributed by atoms with Crippen molar-refractivity contribution < 1.29 is 25.2 Å². The van der Waals surface area contributed by atoms with Crippen molar-refractivity contribution >= 4 is 6.29 Å². The van der Waals surface area contributed by atoms with Crippen molar-refractivity contribution in [3.05, 3.63) is 70.9 Å². The molecule has 244 valence electrons. The Morgan fingerprint density at radius 3 is 2.48 bits per heavy atom. The Morgan fingerprint density at radius 2 is 1.86 bits per heavy atom. The van der Waals surface area contributed by atoms with E-state index in [1.54, 1.807) is 0 Å². The van der Waals surface area contributed by atoms with Gasteiger partial charge in [-0.15, -0.1) is 0 Å². The normalized spacial score (nSPS) is 35.8. The summed E-state index contributed by atoms with van der Waals surface area (Å²) in [6.45, 7) is 11.0. The number of aldehydes is 1. The maximum absolute atomic E-state index is 12.6. The summed E-state index contributed by atoms with van der Waals surface area (Å²) in [6.07, 6.45) is 20.8. The van der Waals surface area contributed by atoms with Crippen molar-refractivity contribution in [2.45, 2.75) is 96.7 Å². The minimum atomic E-state index is -1.19. The number of hydrogen-bond donors (Lipinski definition) is 5. The lowest BCUT2D eigenvalue weighted by Gasteiger charge is -2.61. The van der Waals surface area contributed by atoms with Crippen LogP contribution in [0.1, 0.15) is 85.0 Å². The van der Waals surface area contributed by atoms with Gasteiger partial charge in [-0.25, -0.2) is 0 Å². The molecule has 5 N–H and O–H groups in total. The number of carbonyl (C=O) groups is 1. The molecule has 0 radical (unpaired) electrons. The van der Waals surface area contributed by atoms with Gasteiger partial charge in [-0.1, -0.05) is 67.0 Å². The maximum atomic E-state index is 12.6. The van der Waals surface area contributed by atoms with Crippen LogP contribution in [0.3, 0.4) is 0 Å². The van der Waals surface area contributed by atoms with Crippen molar-refractivity contribution in [3.8, 4) is 0 Å². The Morgan fingerprint density at radius 1 is 1.14 bits per heavy atom. The van der Waals surface area contributed by atoms with E-state index in [-0.39, 0.29) is 42.3 Å². The number of aliphatic hydroxyl groups is 4. The second-order valence-corrected chi connectivity index (χ2v) is 14.4. The molecule has 0 saturated heterocycles. The van der Waals surface area contributed by atoms with Gasteiger partial charge < -0.3 is 25.7 Å². The topological polar surface area (TPSA) is 110 Å². The maximum Gasteiger partial charge on any atom is 0.145 e. The summed E-state index contributed by atoms with van der Waals surface area (Å²) in [6, 6.07) is 0. The number of nitrogens with one attached hydrogen (secondary N) is 1. The predicted molar refractivity (Wildman–Crippen MR) is 178 cm³/mol. The molecule has 2 bridgehead atoms.